The first-order valence-corrected chi connectivity index (χ1v) is 8.79. The summed E-state index contributed by atoms with van der Waals surface area (Å²) in [7, 11) is 0. The van der Waals surface area contributed by atoms with Gasteiger partial charge in [-0.05, 0) is 68.2 Å². The van der Waals surface area contributed by atoms with Gasteiger partial charge in [-0.1, -0.05) is 6.42 Å². The Hall–Kier alpha value is 0.290. The number of nitrogens with one attached hydrogen (secondary N) is 1. The molecule has 2 rings (SSSR count). The van der Waals surface area contributed by atoms with Crippen LogP contribution in [-0.2, 0) is 6.54 Å². The lowest BCUT2D eigenvalue weighted by molar-refractivity contribution is 0.468. The number of rotatable bonds is 4. The van der Waals surface area contributed by atoms with Crippen LogP contribution in [0.25, 0.3) is 0 Å². The van der Waals surface area contributed by atoms with Crippen LogP contribution in [0, 0.1) is 0 Å². The molecule has 0 spiro atoms. The molecule has 0 radical (unpaired) electrons. The average molecular weight is 395 g/mol. The van der Waals surface area contributed by atoms with Gasteiger partial charge < -0.3 is 10.4 Å². The van der Waals surface area contributed by atoms with E-state index in [1.54, 1.807) is 0 Å². The lowest BCUT2D eigenvalue weighted by atomic mass is 10.2. The highest BCUT2D eigenvalue weighted by atomic mass is 79.9. The third-order valence-corrected chi connectivity index (χ3v) is 5.66. The molecule has 0 saturated carbocycles. The van der Waals surface area contributed by atoms with Crippen molar-refractivity contribution in [1.29, 1.82) is 0 Å². The largest absolute Gasteiger partial charge is 0.506 e. The smallest absolute Gasteiger partial charge is 0.143 e. The van der Waals surface area contributed by atoms with Gasteiger partial charge in [0.05, 0.1) is 8.95 Å². The summed E-state index contributed by atoms with van der Waals surface area (Å²) in [6.07, 6.45) is 4.08. The number of phenols is 1. The number of halogens is 2. The van der Waals surface area contributed by atoms with E-state index in [0.29, 0.717) is 0 Å². The van der Waals surface area contributed by atoms with Gasteiger partial charge in [0, 0.05) is 18.3 Å². The summed E-state index contributed by atoms with van der Waals surface area (Å²) in [6, 6.07) is 3.92. The fraction of sp³-hybridized carbons (Fsp3) is 0.538. The Labute approximate surface area is 129 Å². The van der Waals surface area contributed by atoms with E-state index < -0.39 is 0 Å². The van der Waals surface area contributed by atoms with Crippen LogP contribution in [0.2, 0.25) is 0 Å². The highest BCUT2D eigenvalue weighted by Crippen LogP contribution is 2.33. The SMILES string of the molecule is Oc1c(Br)cc(CNCC2CCCCS2)cc1Br. The van der Waals surface area contributed by atoms with Gasteiger partial charge in [0.25, 0.3) is 0 Å². The number of hydrogen-bond acceptors (Lipinski definition) is 3. The zero-order valence-electron chi connectivity index (χ0n) is 10.1. The number of aromatic hydroxyl groups is 1. The molecule has 1 aliphatic heterocycles. The Balaban J connectivity index is 1.82. The molecule has 0 aromatic heterocycles. The van der Waals surface area contributed by atoms with Crippen molar-refractivity contribution in [3.05, 3.63) is 26.6 Å². The Morgan fingerprint density at radius 3 is 2.61 bits per heavy atom. The standard InChI is InChI=1S/C13H17Br2NOS/c14-11-5-9(6-12(15)13(11)17)7-16-8-10-3-1-2-4-18-10/h5-6,10,16-17H,1-4,7-8H2. The molecule has 1 fully saturated rings. The monoisotopic (exact) mass is 393 g/mol. The summed E-state index contributed by atoms with van der Waals surface area (Å²) in [5.74, 6) is 1.57. The van der Waals surface area contributed by atoms with Crippen LogP contribution >= 0.6 is 43.6 Å². The Kier molecular flexibility index (Phi) is 5.86. The maximum absolute atomic E-state index is 9.64. The van der Waals surface area contributed by atoms with E-state index in [2.05, 4.69) is 48.9 Å². The summed E-state index contributed by atoms with van der Waals surface area (Å²) in [5.41, 5.74) is 1.17. The zero-order valence-corrected chi connectivity index (χ0v) is 14.1. The second kappa shape index (κ2) is 7.17. The van der Waals surface area contributed by atoms with E-state index in [-0.39, 0.29) is 5.75 Å². The van der Waals surface area contributed by atoms with Crippen molar-refractivity contribution >= 4 is 43.6 Å². The Bertz CT molecular complexity index is 385. The fourth-order valence-electron chi connectivity index (χ4n) is 2.07. The zero-order chi connectivity index (χ0) is 13.0. The van der Waals surface area contributed by atoms with Crippen LogP contribution < -0.4 is 5.32 Å². The van der Waals surface area contributed by atoms with Crippen LogP contribution in [0.4, 0.5) is 0 Å². The fourth-order valence-corrected chi connectivity index (χ4v) is 4.62. The van der Waals surface area contributed by atoms with Gasteiger partial charge in [-0.2, -0.15) is 11.8 Å². The molecule has 1 unspecified atom stereocenters. The van der Waals surface area contributed by atoms with Gasteiger partial charge in [0.2, 0.25) is 0 Å². The predicted octanol–water partition coefficient (Wildman–Crippen LogP) is 4.29. The topological polar surface area (TPSA) is 32.3 Å². The minimum absolute atomic E-state index is 0.265. The number of hydrogen-bond donors (Lipinski definition) is 2. The highest BCUT2D eigenvalue weighted by Gasteiger charge is 2.13. The summed E-state index contributed by atoms with van der Waals surface area (Å²) in [4.78, 5) is 0. The van der Waals surface area contributed by atoms with E-state index in [4.69, 9.17) is 0 Å². The molecule has 18 heavy (non-hydrogen) atoms. The number of phenolic OH excluding ortho intramolecular Hbond substituents is 1. The molecule has 2 nitrogen and oxygen atoms in total. The van der Waals surface area contributed by atoms with Gasteiger partial charge in [-0.3, -0.25) is 0 Å². The van der Waals surface area contributed by atoms with Gasteiger partial charge in [0.1, 0.15) is 5.75 Å². The summed E-state index contributed by atoms with van der Waals surface area (Å²) < 4.78 is 1.47. The van der Waals surface area contributed by atoms with Crippen LogP contribution in [0.1, 0.15) is 24.8 Å². The quantitative estimate of drug-likeness (QED) is 0.798. The van der Waals surface area contributed by atoms with Crippen molar-refractivity contribution in [2.45, 2.75) is 31.1 Å². The van der Waals surface area contributed by atoms with Crippen molar-refractivity contribution in [2.24, 2.45) is 0 Å². The molecule has 1 aromatic carbocycles. The molecule has 0 amide bonds. The lowest BCUT2D eigenvalue weighted by Crippen LogP contribution is -2.26. The van der Waals surface area contributed by atoms with Gasteiger partial charge in [-0.15, -0.1) is 0 Å². The number of benzene rings is 1. The molecule has 1 saturated heterocycles. The van der Waals surface area contributed by atoms with Crippen molar-refractivity contribution in [3.63, 3.8) is 0 Å². The first kappa shape index (κ1) is 14.7. The predicted molar refractivity (Wildman–Crippen MR) is 85.3 cm³/mol. The van der Waals surface area contributed by atoms with E-state index in [1.165, 1.54) is 30.6 Å². The van der Waals surface area contributed by atoms with Gasteiger partial charge in [0.15, 0.2) is 0 Å². The molecular weight excluding hydrogens is 378 g/mol. The van der Waals surface area contributed by atoms with E-state index in [9.17, 15) is 5.11 Å². The van der Waals surface area contributed by atoms with Crippen molar-refractivity contribution < 1.29 is 5.11 Å². The molecule has 1 aromatic rings. The third kappa shape index (κ3) is 4.15. The Morgan fingerprint density at radius 1 is 1.28 bits per heavy atom. The van der Waals surface area contributed by atoms with Crippen molar-refractivity contribution in [1.82, 2.24) is 5.32 Å². The summed E-state index contributed by atoms with van der Waals surface area (Å²) >= 11 is 8.79. The Morgan fingerprint density at radius 2 is 2.00 bits per heavy atom. The molecule has 1 atom stereocenters. The first-order valence-electron chi connectivity index (χ1n) is 6.16. The molecule has 5 heteroatoms. The minimum Gasteiger partial charge on any atom is -0.506 e. The van der Waals surface area contributed by atoms with Crippen LogP contribution in [0.15, 0.2) is 21.1 Å². The molecule has 0 aliphatic carbocycles. The molecule has 0 bridgehead atoms. The second-order valence-electron chi connectivity index (χ2n) is 4.53. The van der Waals surface area contributed by atoms with Crippen molar-refractivity contribution in [3.8, 4) is 5.75 Å². The van der Waals surface area contributed by atoms with Gasteiger partial charge in [-0.25, -0.2) is 0 Å². The van der Waals surface area contributed by atoms with E-state index in [0.717, 1.165) is 27.3 Å². The normalized spacial score (nSPS) is 20.0. The third-order valence-electron chi connectivity index (χ3n) is 3.05. The van der Waals surface area contributed by atoms with Crippen molar-refractivity contribution in [2.75, 3.05) is 12.3 Å². The van der Waals surface area contributed by atoms with E-state index >= 15 is 0 Å². The minimum atomic E-state index is 0.265. The second-order valence-corrected chi connectivity index (χ2v) is 7.64. The summed E-state index contributed by atoms with van der Waals surface area (Å²) in [6.45, 7) is 1.91. The molecular formula is C13H17Br2NOS. The maximum Gasteiger partial charge on any atom is 0.143 e. The highest BCUT2D eigenvalue weighted by molar-refractivity contribution is 9.11. The number of thioether (sulfide) groups is 1. The summed E-state index contributed by atoms with van der Waals surface area (Å²) in [5, 5.41) is 13.9. The molecule has 1 heterocycles. The lowest BCUT2D eigenvalue weighted by Gasteiger charge is -2.21. The van der Waals surface area contributed by atoms with Crippen LogP contribution in [0.5, 0.6) is 5.75 Å². The molecule has 100 valence electrons. The molecule has 2 N–H and O–H groups in total. The van der Waals surface area contributed by atoms with Crippen LogP contribution in [-0.4, -0.2) is 22.7 Å². The average Bonchev–Trinajstić information content (AvgIpc) is 2.37. The van der Waals surface area contributed by atoms with Gasteiger partial charge >= 0.3 is 0 Å². The first-order chi connectivity index (χ1) is 8.66. The maximum atomic E-state index is 9.64. The van der Waals surface area contributed by atoms with Crippen LogP contribution in [0.3, 0.4) is 0 Å². The van der Waals surface area contributed by atoms with E-state index in [1.807, 2.05) is 12.1 Å². The molecule has 1 aliphatic rings.